The molecule has 0 aliphatic heterocycles. The maximum Gasteiger partial charge on any atom is 0.0726 e. The minimum absolute atomic E-state index is 0.456. The second-order valence-corrected chi connectivity index (χ2v) is 13.0. The average Bonchev–Trinajstić information content (AvgIpc) is 3.48. The topological polar surface area (TPSA) is 0 Å². The fourth-order valence-electron chi connectivity index (χ4n) is 7.53. The molecule has 0 N–H and O–H groups in total. The van der Waals surface area contributed by atoms with E-state index in [1.807, 2.05) is 11.3 Å². The highest BCUT2D eigenvalue weighted by molar-refractivity contribution is 9.10. The van der Waals surface area contributed by atoms with Crippen molar-refractivity contribution in [1.82, 2.24) is 0 Å². The van der Waals surface area contributed by atoms with E-state index >= 15 is 0 Å². The number of benzene rings is 6. The van der Waals surface area contributed by atoms with E-state index in [4.69, 9.17) is 0 Å². The Hall–Kier alpha value is -3.98. The highest BCUT2D eigenvalue weighted by Crippen LogP contribution is 2.63. The summed E-state index contributed by atoms with van der Waals surface area (Å²) in [7, 11) is 0. The summed E-state index contributed by atoms with van der Waals surface area (Å²) >= 11 is 5.79. The first-order valence-electron chi connectivity index (χ1n) is 13.7. The van der Waals surface area contributed by atoms with Gasteiger partial charge in [0.05, 0.1) is 5.41 Å². The maximum atomic E-state index is 3.89. The second-order valence-electron chi connectivity index (χ2n) is 11.0. The number of thiophene rings is 1. The summed E-state index contributed by atoms with van der Waals surface area (Å²) in [5.74, 6) is 0. The Balaban J connectivity index is 1.58. The SMILES string of the molecule is Cc1ccc2c(c1)C1(c3cc(Br)ccc3-c3ccccc3-2)c2ccccc2-c2c1ccc1sc3ccccc3c21. The third-order valence-corrected chi connectivity index (χ3v) is 10.6. The number of hydrogen-bond acceptors (Lipinski definition) is 1. The molecule has 188 valence electrons. The molecule has 0 amide bonds. The Morgan fingerprint density at radius 1 is 0.525 bits per heavy atom. The van der Waals surface area contributed by atoms with E-state index in [2.05, 4.69) is 144 Å². The van der Waals surface area contributed by atoms with Gasteiger partial charge in [-0.15, -0.1) is 11.3 Å². The van der Waals surface area contributed by atoms with Crippen molar-refractivity contribution in [2.24, 2.45) is 0 Å². The zero-order valence-corrected chi connectivity index (χ0v) is 24.2. The summed E-state index contributed by atoms with van der Waals surface area (Å²) in [4.78, 5) is 0. The molecule has 6 aromatic carbocycles. The Morgan fingerprint density at radius 3 is 2.02 bits per heavy atom. The average molecular weight is 592 g/mol. The Bertz CT molecular complexity index is 2130. The van der Waals surface area contributed by atoms with Crippen LogP contribution in [0.2, 0.25) is 0 Å². The van der Waals surface area contributed by atoms with E-state index in [1.165, 1.54) is 81.4 Å². The van der Waals surface area contributed by atoms with Gasteiger partial charge in [-0.25, -0.2) is 0 Å². The Kier molecular flexibility index (Phi) is 4.58. The monoisotopic (exact) mass is 590 g/mol. The lowest BCUT2D eigenvalue weighted by Gasteiger charge is -2.35. The smallest absolute Gasteiger partial charge is 0.0726 e. The standard InChI is InChI=1S/C38H23BrS/c1-22-14-16-26-24-8-2-3-9-25(24)27-17-15-23(39)21-33(27)38(32(26)20-22)30-12-6-4-10-28(30)36-31(38)18-19-35-37(36)29-11-5-7-13-34(29)40-35/h2-21H,1H3. The minimum atomic E-state index is -0.456. The first kappa shape index (κ1) is 22.8. The van der Waals surface area contributed by atoms with Gasteiger partial charge < -0.3 is 0 Å². The number of rotatable bonds is 0. The lowest BCUT2D eigenvalue weighted by atomic mass is 9.65. The van der Waals surface area contributed by atoms with Gasteiger partial charge in [0.1, 0.15) is 0 Å². The molecule has 7 aromatic rings. The van der Waals surface area contributed by atoms with Gasteiger partial charge in [0.25, 0.3) is 0 Å². The number of fused-ring (bicyclic) bond motifs is 16. The van der Waals surface area contributed by atoms with Crippen molar-refractivity contribution in [1.29, 1.82) is 0 Å². The molecule has 1 heterocycles. The number of aryl methyl sites for hydroxylation is 1. The molecule has 1 atom stereocenters. The van der Waals surface area contributed by atoms with Crippen LogP contribution < -0.4 is 0 Å². The predicted molar refractivity (Wildman–Crippen MR) is 174 cm³/mol. The summed E-state index contributed by atoms with van der Waals surface area (Å²) < 4.78 is 3.80. The van der Waals surface area contributed by atoms with Gasteiger partial charge >= 0.3 is 0 Å². The van der Waals surface area contributed by atoms with Crippen LogP contribution in [0.3, 0.4) is 0 Å². The first-order chi connectivity index (χ1) is 19.7. The molecule has 0 saturated carbocycles. The zero-order chi connectivity index (χ0) is 26.6. The molecule has 2 aliphatic rings. The molecule has 2 aliphatic carbocycles. The maximum absolute atomic E-state index is 3.89. The van der Waals surface area contributed by atoms with Crippen LogP contribution >= 0.6 is 27.3 Å². The van der Waals surface area contributed by atoms with Gasteiger partial charge in [0.15, 0.2) is 0 Å². The predicted octanol–water partition coefficient (Wildman–Crippen LogP) is 11.1. The van der Waals surface area contributed by atoms with E-state index in [1.54, 1.807) is 0 Å². The number of halogens is 1. The van der Waals surface area contributed by atoms with E-state index < -0.39 is 5.41 Å². The summed E-state index contributed by atoms with van der Waals surface area (Å²) in [6.45, 7) is 2.23. The molecule has 0 saturated heterocycles. The Morgan fingerprint density at radius 2 is 1.20 bits per heavy atom. The normalized spacial score (nSPS) is 16.4. The van der Waals surface area contributed by atoms with Crippen molar-refractivity contribution in [3.05, 3.63) is 154 Å². The van der Waals surface area contributed by atoms with Gasteiger partial charge in [0.2, 0.25) is 0 Å². The van der Waals surface area contributed by atoms with Crippen LogP contribution in [0.5, 0.6) is 0 Å². The molecule has 1 spiro atoms. The van der Waals surface area contributed by atoms with Crippen molar-refractivity contribution in [3.8, 4) is 33.4 Å². The van der Waals surface area contributed by atoms with Crippen LogP contribution in [0.1, 0.15) is 27.8 Å². The van der Waals surface area contributed by atoms with Gasteiger partial charge in [-0.3, -0.25) is 0 Å². The summed E-state index contributed by atoms with van der Waals surface area (Å²) in [5.41, 5.74) is 14.2. The lowest BCUT2D eigenvalue weighted by molar-refractivity contribution is 0.774. The summed E-state index contributed by atoms with van der Waals surface area (Å²) in [5, 5.41) is 2.73. The summed E-state index contributed by atoms with van der Waals surface area (Å²) in [6, 6.07) is 45.8. The fraction of sp³-hybridized carbons (Fsp3) is 0.0526. The largest absolute Gasteiger partial charge is 0.135 e. The molecule has 0 fully saturated rings. The molecule has 40 heavy (non-hydrogen) atoms. The van der Waals surface area contributed by atoms with Crippen LogP contribution in [0.25, 0.3) is 53.6 Å². The zero-order valence-electron chi connectivity index (χ0n) is 21.8. The van der Waals surface area contributed by atoms with E-state index in [0.717, 1.165) is 4.47 Å². The van der Waals surface area contributed by atoms with Crippen LogP contribution in [0.4, 0.5) is 0 Å². The van der Waals surface area contributed by atoms with Crippen molar-refractivity contribution >= 4 is 47.4 Å². The fourth-order valence-corrected chi connectivity index (χ4v) is 9.00. The van der Waals surface area contributed by atoms with Crippen LogP contribution in [-0.2, 0) is 5.41 Å². The molecule has 1 unspecified atom stereocenters. The third kappa shape index (κ3) is 2.76. The molecule has 2 heteroatoms. The second kappa shape index (κ2) is 8.04. The highest BCUT2D eigenvalue weighted by Gasteiger charge is 2.50. The minimum Gasteiger partial charge on any atom is -0.135 e. The molecule has 0 bridgehead atoms. The highest BCUT2D eigenvalue weighted by atomic mass is 79.9. The van der Waals surface area contributed by atoms with Gasteiger partial charge in [-0.1, -0.05) is 119 Å². The van der Waals surface area contributed by atoms with E-state index in [0.29, 0.717) is 0 Å². The quantitative estimate of drug-likeness (QED) is 0.165. The van der Waals surface area contributed by atoms with Crippen LogP contribution in [-0.4, -0.2) is 0 Å². The van der Waals surface area contributed by atoms with Crippen molar-refractivity contribution < 1.29 is 0 Å². The molecule has 9 rings (SSSR count). The van der Waals surface area contributed by atoms with Crippen LogP contribution in [0, 0.1) is 6.92 Å². The third-order valence-electron chi connectivity index (χ3n) is 9.02. The molecule has 0 radical (unpaired) electrons. The first-order valence-corrected chi connectivity index (χ1v) is 15.3. The Labute approximate surface area is 245 Å². The van der Waals surface area contributed by atoms with Crippen LogP contribution in [0.15, 0.2) is 126 Å². The summed E-state index contributed by atoms with van der Waals surface area (Å²) in [6.07, 6.45) is 0. The van der Waals surface area contributed by atoms with E-state index in [-0.39, 0.29) is 0 Å². The molecular formula is C38H23BrS. The number of hydrogen-bond donors (Lipinski definition) is 0. The van der Waals surface area contributed by atoms with Gasteiger partial charge in [-0.2, -0.15) is 0 Å². The van der Waals surface area contributed by atoms with Gasteiger partial charge in [-0.05, 0) is 86.8 Å². The van der Waals surface area contributed by atoms with Gasteiger partial charge in [0, 0.05) is 24.6 Å². The molecule has 0 nitrogen and oxygen atoms in total. The molecule has 1 aromatic heterocycles. The lowest BCUT2D eigenvalue weighted by Crippen LogP contribution is -2.29. The van der Waals surface area contributed by atoms with E-state index in [9.17, 15) is 0 Å². The van der Waals surface area contributed by atoms with Crippen molar-refractivity contribution in [2.75, 3.05) is 0 Å². The van der Waals surface area contributed by atoms with Crippen molar-refractivity contribution in [3.63, 3.8) is 0 Å². The molecular weight excluding hydrogens is 568 g/mol. The van der Waals surface area contributed by atoms with Crippen molar-refractivity contribution in [2.45, 2.75) is 12.3 Å².